The molecule has 0 saturated heterocycles. The van der Waals surface area contributed by atoms with Crippen molar-refractivity contribution >= 4 is 49.2 Å². The standard InChI is InChI=1S/C31H24Br2N2O5/c1-2-38-30-17-22(8-13-29(30)39-19-21-6-4-3-5-7-21)20-40-31-27(32)15-23(16-28(31)33)14-25(18-34)24-9-11-26(12-10-24)35(36)37/h3-17H,2,19-20H2,1H3/b25-14+. The molecule has 0 unspecified atom stereocenters. The maximum atomic E-state index is 10.9. The minimum atomic E-state index is -0.474. The highest BCUT2D eigenvalue weighted by atomic mass is 79.9. The van der Waals surface area contributed by atoms with Crippen molar-refractivity contribution < 1.29 is 19.1 Å². The first kappa shape index (κ1) is 28.9. The zero-order valence-corrected chi connectivity index (χ0v) is 24.6. The molecule has 0 N–H and O–H groups in total. The fourth-order valence-electron chi connectivity index (χ4n) is 3.83. The topological polar surface area (TPSA) is 94.6 Å². The van der Waals surface area contributed by atoms with E-state index < -0.39 is 4.92 Å². The van der Waals surface area contributed by atoms with Crippen LogP contribution in [0.15, 0.2) is 93.9 Å². The molecular weight excluding hydrogens is 640 g/mol. The van der Waals surface area contributed by atoms with Crippen LogP contribution in [-0.4, -0.2) is 11.5 Å². The average Bonchev–Trinajstić information content (AvgIpc) is 2.96. The number of nitriles is 1. The fourth-order valence-corrected chi connectivity index (χ4v) is 5.28. The quantitative estimate of drug-likeness (QED) is 0.0689. The van der Waals surface area contributed by atoms with Gasteiger partial charge in [-0.25, -0.2) is 0 Å². The lowest BCUT2D eigenvalue weighted by molar-refractivity contribution is -0.384. The van der Waals surface area contributed by atoms with E-state index in [1.54, 1.807) is 18.2 Å². The van der Waals surface area contributed by atoms with Crippen molar-refractivity contribution in [3.63, 3.8) is 0 Å². The number of nitrogens with zero attached hydrogens (tertiary/aromatic N) is 2. The van der Waals surface area contributed by atoms with Crippen molar-refractivity contribution in [3.8, 4) is 23.3 Å². The van der Waals surface area contributed by atoms with Crippen LogP contribution in [0.4, 0.5) is 5.69 Å². The second kappa shape index (κ2) is 13.8. The van der Waals surface area contributed by atoms with Gasteiger partial charge in [0.2, 0.25) is 0 Å². The summed E-state index contributed by atoms with van der Waals surface area (Å²) < 4.78 is 19.3. The molecule has 0 aliphatic carbocycles. The van der Waals surface area contributed by atoms with Crippen LogP contribution in [0, 0.1) is 21.4 Å². The molecule has 0 fully saturated rings. The number of benzene rings is 4. The molecule has 7 nitrogen and oxygen atoms in total. The van der Waals surface area contributed by atoms with Gasteiger partial charge in [0.1, 0.15) is 19.0 Å². The molecule has 0 aliphatic rings. The number of nitro groups is 1. The van der Waals surface area contributed by atoms with E-state index in [0.717, 1.165) is 16.7 Å². The number of halogens is 2. The Morgan fingerprint density at radius 1 is 0.875 bits per heavy atom. The minimum Gasteiger partial charge on any atom is -0.490 e. The predicted octanol–water partition coefficient (Wildman–Crippen LogP) is 8.74. The summed E-state index contributed by atoms with van der Waals surface area (Å²) >= 11 is 7.14. The smallest absolute Gasteiger partial charge is 0.269 e. The van der Waals surface area contributed by atoms with Crippen molar-refractivity contribution in [3.05, 3.63) is 126 Å². The Hall–Kier alpha value is -4.13. The van der Waals surface area contributed by atoms with Crippen LogP contribution in [0.25, 0.3) is 11.6 Å². The Bertz CT molecular complexity index is 1540. The lowest BCUT2D eigenvalue weighted by atomic mass is 10.0. The van der Waals surface area contributed by atoms with Gasteiger partial charge in [0, 0.05) is 12.1 Å². The van der Waals surface area contributed by atoms with Crippen LogP contribution in [0.1, 0.15) is 29.2 Å². The molecule has 0 amide bonds. The largest absolute Gasteiger partial charge is 0.490 e. The van der Waals surface area contributed by atoms with E-state index in [1.807, 2.05) is 67.6 Å². The number of allylic oxidation sites excluding steroid dienone is 1. The monoisotopic (exact) mass is 662 g/mol. The fraction of sp³-hybridized carbons (Fsp3) is 0.129. The molecule has 4 aromatic carbocycles. The molecular formula is C31H24Br2N2O5. The summed E-state index contributed by atoms with van der Waals surface area (Å²) in [5, 5.41) is 20.6. The van der Waals surface area contributed by atoms with Crippen LogP contribution in [0.2, 0.25) is 0 Å². The van der Waals surface area contributed by atoms with E-state index >= 15 is 0 Å². The normalized spacial score (nSPS) is 11.0. The minimum absolute atomic E-state index is 0.0317. The molecule has 0 aliphatic heterocycles. The van der Waals surface area contributed by atoms with Gasteiger partial charge in [0.15, 0.2) is 11.5 Å². The van der Waals surface area contributed by atoms with E-state index in [-0.39, 0.29) is 12.3 Å². The number of hydrogen-bond acceptors (Lipinski definition) is 6. The highest BCUT2D eigenvalue weighted by Gasteiger charge is 2.13. The van der Waals surface area contributed by atoms with Crippen LogP contribution in [0.3, 0.4) is 0 Å². The predicted molar refractivity (Wildman–Crippen MR) is 161 cm³/mol. The summed E-state index contributed by atoms with van der Waals surface area (Å²) in [4.78, 5) is 10.4. The first-order valence-corrected chi connectivity index (χ1v) is 13.9. The molecule has 0 saturated carbocycles. The molecule has 0 aromatic heterocycles. The summed E-state index contributed by atoms with van der Waals surface area (Å²) in [6, 6.07) is 27.4. The first-order chi connectivity index (χ1) is 19.4. The molecule has 0 spiro atoms. The summed E-state index contributed by atoms with van der Waals surface area (Å²) in [5.74, 6) is 1.91. The highest BCUT2D eigenvalue weighted by Crippen LogP contribution is 2.37. The van der Waals surface area contributed by atoms with Gasteiger partial charge < -0.3 is 14.2 Å². The summed E-state index contributed by atoms with van der Waals surface area (Å²) in [7, 11) is 0. The lowest BCUT2D eigenvalue weighted by Gasteiger charge is -2.15. The van der Waals surface area contributed by atoms with E-state index in [9.17, 15) is 15.4 Å². The van der Waals surface area contributed by atoms with Crippen LogP contribution >= 0.6 is 31.9 Å². The van der Waals surface area contributed by atoms with Crippen molar-refractivity contribution in [2.45, 2.75) is 20.1 Å². The van der Waals surface area contributed by atoms with Crippen molar-refractivity contribution in [2.24, 2.45) is 0 Å². The molecule has 0 atom stereocenters. The maximum absolute atomic E-state index is 10.9. The maximum Gasteiger partial charge on any atom is 0.269 e. The summed E-state index contributed by atoms with van der Waals surface area (Å²) in [5.41, 5.74) is 3.65. The van der Waals surface area contributed by atoms with E-state index in [4.69, 9.17) is 14.2 Å². The van der Waals surface area contributed by atoms with Gasteiger partial charge in [0.25, 0.3) is 5.69 Å². The Labute approximate surface area is 249 Å². The highest BCUT2D eigenvalue weighted by molar-refractivity contribution is 9.11. The van der Waals surface area contributed by atoms with Gasteiger partial charge in [-0.3, -0.25) is 10.1 Å². The third-order valence-electron chi connectivity index (χ3n) is 5.77. The van der Waals surface area contributed by atoms with Gasteiger partial charge in [-0.05, 0) is 104 Å². The zero-order chi connectivity index (χ0) is 28.5. The number of hydrogen-bond donors (Lipinski definition) is 0. The third-order valence-corrected chi connectivity index (χ3v) is 6.95. The second-order valence-corrected chi connectivity index (χ2v) is 10.3. The van der Waals surface area contributed by atoms with Crippen LogP contribution in [0.5, 0.6) is 17.2 Å². The van der Waals surface area contributed by atoms with Crippen LogP contribution < -0.4 is 14.2 Å². The molecule has 40 heavy (non-hydrogen) atoms. The average molecular weight is 664 g/mol. The van der Waals surface area contributed by atoms with Gasteiger partial charge in [-0.1, -0.05) is 36.4 Å². The van der Waals surface area contributed by atoms with Gasteiger partial charge in [-0.2, -0.15) is 5.26 Å². The summed E-state index contributed by atoms with van der Waals surface area (Å²) in [6.45, 7) is 3.16. The number of ether oxygens (including phenoxy) is 3. The first-order valence-electron chi connectivity index (χ1n) is 12.3. The Kier molecular flexibility index (Phi) is 9.95. The Balaban J connectivity index is 1.48. The van der Waals surface area contributed by atoms with Gasteiger partial charge in [-0.15, -0.1) is 0 Å². The summed E-state index contributed by atoms with van der Waals surface area (Å²) in [6.07, 6.45) is 1.71. The molecule has 9 heteroatoms. The molecule has 0 heterocycles. The van der Waals surface area contributed by atoms with E-state index in [0.29, 0.717) is 50.5 Å². The Morgan fingerprint density at radius 3 is 2.17 bits per heavy atom. The molecule has 0 bridgehead atoms. The number of non-ortho nitro benzene ring substituents is 1. The lowest BCUT2D eigenvalue weighted by Crippen LogP contribution is -2.02. The van der Waals surface area contributed by atoms with E-state index in [1.165, 1.54) is 12.1 Å². The van der Waals surface area contributed by atoms with Crippen molar-refractivity contribution in [2.75, 3.05) is 6.61 Å². The van der Waals surface area contributed by atoms with Crippen molar-refractivity contribution in [1.29, 1.82) is 5.26 Å². The molecule has 202 valence electrons. The van der Waals surface area contributed by atoms with Crippen LogP contribution in [-0.2, 0) is 13.2 Å². The van der Waals surface area contributed by atoms with E-state index in [2.05, 4.69) is 37.9 Å². The Morgan fingerprint density at radius 2 is 1.55 bits per heavy atom. The van der Waals surface area contributed by atoms with Gasteiger partial charge >= 0.3 is 0 Å². The third kappa shape index (κ3) is 7.50. The molecule has 4 aromatic rings. The number of nitro benzene ring substituents is 1. The van der Waals surface area contributed by atoms with Crippen molar-refractivity contribution in [1.82, 2.24) is 0 Å². The molecule has 4 rings (SSSR count). The SMILES string of the molecule is CCOc1cc(COc2c(Br)cc(/C=C(\C#N)c3ccc([N+](=O)[O-])cc3)cc2Br)ccc1OCc1ccccc1. The number of rotatable bonds is 11. The van der Waals surface area contributed by atoms with Gasteiger partial charge in [0.05, 0.1) is 32.1 Å². The zero-order valence-electron chi connectivity index (χ0n) is 21.5. The molecule has 0 radical (unpaired) electrons. The second-order valence-electron chi connectivity index (χ2n) is 8.56.